The molecular formula is C31H44FNO17. The van der Waals surface area contributed by atoms with Crippen LogP contribution in [0.25, 0.3) is 0 Å². The second kappa shape index (κ2) is 18.2. The molecule has 3 fully saturated rings. The van der Waals surface area contributed by atoms with Gasteiger partial charge in [0.2, 0.25) is 12.2 Å². The number of ether oxygens (including phenoxy) is 6. The van der Waals surface area contributed by atoms with E-state index in [9.17, 15) is 60.3 Å². The zero-order valence-corrected chi connectivity index (χ0v) is 26.6. The lowest BCUT2D eigenvalue weighted by molar-refractivity contribution is -0.376. The van der Waals surface area contributed by atoms with E-state index in [1.54, 1.807) is 0 Å². The van der Waals surface area contributed by atoms with Gasteiger partial charge in [0, 0.05) is 24.1 Å². The predicted octanol–water partition coefficient (Wildman–Crippen LogP) is -4.27. The van der Waals surface area contributed by atoms with Gasteiger partial charge in [-0.25, -0.2) is 4.39 Å². The van der Waals surface area contributed by atoms with Crippen LogP contribution in [-0.2, 0) is 35.2 Å². The number of aliphatic hydroxyl groups excluding tert-OH is 10. The molecule has 18 nitrogen and oxygen atoms in total. The molecule has 11 N–H and O–H groups in total. The standard InChI is InChI=1S/C31H44FNO17/c1-2-3-4-5-19(37)33-14-6-7-15(13(8-14)9-32)45-29-25(43)22(40)27(17(11-35)47-29)50-31-26(44)23(41)28(18(12-36)48-31)49-30-24(42)21(39)20(38)16(10-34)46-30/h1,6-8,16-18,20-31,34-36,38-44H,3-5,9-12H2,(H,33,37)/t16?,17?,18?,20-,21?,22?,23?,24?,25?,26?,27-,28-,29-,30-,31-/m1/s1. The summed E-state index contributed by atoms with van der Waals surface area (Å²) in [6, 6.07) is 4.01. The van der Waals surface area contributed by atoms with Gasteiger partial charge in [0.1, 0.15) is 85.7 Å². The fourth-order valence-corrected chi connectivity index (χ4v) is 5.72. The molecule has 3 aliphatic rings. The molecule has 0 aromatic heterocycles. The summed E-state index contributed by atoms with van der Waals surface area (Å²) in [5.41, 5.74) is 0.219. The number of rotatable bonds is 14. The van der Waals surface area contributed by atoms with Crippen LogP contribution in [0, 0.1) is 12.3 Å². The topological polar surface area (TPSA) is 287 Å². The average Bonchev–Trinajstić information content (AvgIpc) is 3.11. The Hall–Kier alpha value is -2.62. The van der Waals surface area contributed by atoms with Crippen LogP contribution < -0.4 is 10.1 Å². The smallest absolute Gasteiger partial charge is 0.229 e. The van der Waals surface area contributed by atoms with Gasteiger partial charge in [0.15, 0.2) is 12.6 Å². The molecule has 50 heavy (non-hydrogen) atoms. The van der Waals surface area contributed by atoms with Crippen LogP contribution in [0.4, 0.5) is 10.1 Å². The number of hydrogen-bond donors (Lipinski definition) is 11. The number of benzene rings is 1. The summed E-state index contributed by atoms with van der Waals surface area (Å²) in [7, 11) is 0. The summed E-state index contributed by atoms with van der Waals surface area (Å²) in [4.78, 5) is 12.1. The Morgan fingerprint density at radius 3 is 1.82 bits per heavy atom. The van der Waals surface area contributed by atoms with Crippen molar-refractivity contribution in [3.8, 4) is 18.1 Å². The number of terminal acetylenes is 1. The molecule has 1 aromatic rings. The first kappa shape index (κ1) is 40.2. The fraction of sp³-hybridized carbons (Fsp3) is 0.710. The van der Waals surface area contributed by atoms with Gasteiger partial charge in [-0.1, -0.05) is 0 Å². The summed E-state index contributed by atoms with van der Waals surface area (Å²) in [6.45, 7) is -3.54. The third kappa shape index (κ3) is 9.05. The summed E-state index contributed by atoms with van der Waals surface area (Å²) < 4.78 is 47.2. The molecule has 15 atom stereocenters. The normalized spacial score (nSPS) is 39.0. The minimum absolute atomic E-state index is 0.0427. The number of anilines is 1. The van der Waals surface area contributed by atoms with Crippen molar-refractivity contribution in [1.29, 1.82) is 0 Å². The maximum absolute atomic E-state index is 14.0. The van der Waals surface area contributed by atoms with E-state index in [2.05, 4.69) is 11.2 Å². The highest BCUT2D eigenvalue weighted by Gasteiger charge is 2.53. The first-order chi connectivity index (χ1) is 23.9. The minimum atomic E-state index is -1.99. The summed E-state index contributed by atoms with van der Waals surface area (Å²) in [5.74, 6) is 1.97. The molecule has 4 rings (SSSR count). The second-order valence-corrected chi connectivity index (χ2v) is 12.0. The number of carbonyl (C=O) groups excluding carboxylic acids is 1. The molecule has 3 aliphatic heterocycles. The molecule has 1 aromatic carbocycles. The van der Waals surface area contributed by atoms with Gasteiger partial charge in [0.05, 0.1) is 19.8 Å². The van der Waals surface area contributed by atoms with Crippen molar-refractivity contribution in [3.05, 3.63) is 23.8 Å². The maximum Gasteiger partial charge on any atom is 0.229 e. The lowest BCUT2D eigenvalue weighted by Crippen LogP contribution is -2.66. The molecule has 0 saturated carbocycles. The highest BCUT2D eigenvalue weighted by Crippen LogP contribution is 2.34. The molecule has 1 amide bonds. The number of amides is 1. The zero-order valence-electron chi connectivity index (χ0n) is 26.6. The molecule has 19 heteroatoms. The first-order valence-electron chi connectivity index (χ1n) is 15.8. The van der Waals surface area contributed by atoms with Crippen LogP contribution in [0.3, 0.4) is 0 Å². The van der Waals surface area contributed by atoms with Gasteiger partial charge < -0.3 is 84.8 Å². The number of carbonyl (C=O) groups is 1. The molecule has 0 aliphatic carbocycles. The van der Waals surface area contributed by atoms with Crippen LogP contribution in [0.5, 0.6) is 5.75 Å². The number of halogens is 1. The van der Waals surface area contributed by atoms with Crippen molar-refractivity contribution in [2.75, 3.05) is 25.1 Å². The van der Waals surface area contributed by atoms with Crippen molar-refractivity contribution in [3.63, 3.8) is 0 Å². The van der Waals surface area contributed by atoms with Gasteiger partial charge in [-0.15, -0.1) is 12.3 Å². The van der Waals surface area contributed by atoms with Crippen molar-refractivity contribution < 1.29 is 88.7 Å². The van der Waals surface area contributed by atoms with E-state index in [0.717, 1.165) is 0 Å². The Kier molecular flexibility index (Phi) is 14.6. The Bertz CT molecular complexity index is 1280. The van der Waals surface area contributed by atoms with Crippen molar-refractivity contribution in [2.24, 2.45) is 0 Å². The van der Waals surface area contributed by atoms with Gasteiger partial charge in [-0.3, -0.25) is 4.79 Å². The third-order valence-corrected chi connectivity index (χ3v) is 8.53. The van der Waals surface area contributed by atoms with E-state index in [4.69, 9.17) is 34.8 Å². The highest BCUT2D eigenvalue weighted by molar-refractivity contribution is 5.90. The van der Waals surface area contributed by atoms with E-state index in [1.165, 1.54) is 18.2 Å². The molecule has 3 saturated heterocycles. The van der Waals surface area contributed by atoms with Gasteiger partial charge in [-0.2, -0.15) is 0 Å². The quantitative estimate of drug-likeness (QED) is 0.0640. The Balaban J connectivity index is 1.41. The first-order valence-corrected chi connectivity index (χ1v) is 15.8. The number of unbranched alkanes of at least 4 members (excludes halogenated alkanes) is 1. The van der Waals surface area contributed by atoms with Crippen LogP contribution in [0.15, 0.2) is 18.2 Å². The van der Waals surface area contributed by atoms with E-state index in [1.807, 2.05) is 0 Å². The van der Waals surface area contributed by atoms with E-state index < -0.39 is 119 Å². The molecule has 0 radical (unpaired) electrons. The van der Waals surface area contributed by atoms with E-state index in [0.29, 0.717) is 12.8 Å². The summed E-state index contributed by atoms with van der Waals surface area (Å²) in [6.07, 6.45) is -19.8. The Labute approximate surface area is 285 Å². The zero-order chi connectivity index (χ0) is 36.7. The van der Waals surface area contributed by atoms with Crippen LogP contribution >= 0.6 is 0 Å². The van der Waals surface area contributed by atoms with E-state index in [-0.39, 0.29) is 29.3 Å². The monoisotopic (exact) mass is 721 g/mol. The SMILES string of the molecule is C#CCCCC(=O)Nc1ccc(O[C@@H]2OC(CO)[C@@H](O[C@H]3OC(CO)[C@@H](O[C@H]4OC(CO)[C@@H](O)C(O)C4O)C(O)C3O)C(O)C2O)c(CF)c1. The maximum atomic E-state index is 14.0. The Morgan fingerprint density at radius 2 is 1.28 bits per heavy atom. The number of aliphatic hydroxyl groups is 10. The molecule has 3 heterocycles. The predicted molar refractivity (Wildman–Crippen MR) is 162 cm³/mol. The van der Waals surface area contributed by atoms with E-state index >= 15 is 0 Å². The van der Waals surface area contributed by atoms with Crippen molar-refractivity contribution in [2.45, 2.75) is 118 Å². The molecule has 9 unspecified atom stereocenters. The van der Waals surface area contributed by atoms with Crippen LogP contribution in [0.2, 0.25) is 0 Å². The largest absolute Gasteiger partial charge is 0.462 e. The van der Waals surface area contributed by atoms with Crippen LogP contribution in [0.1, 0.15) is 24.8 Å². The molecule has 282 valence electrons. The lowest BCUT2D eigenvalue weighted by atomic mass is 9.96. The average molecular weight is 722 g/mol. The van der Waals surface area contributed by atoms with Gasteiger partial charge in [0.25, 0.3) is 0 Å². The van der Waals surface area contributed by atoms with Crippen molar-refractivity contribution >= 4 is 11.6 Å². The third-order valence-electron chi connectivity index (χ3n) is 8.53. The second-order valence-electron chi connectivity index (χ2n) is 12.0. The Morgan fingerprint density at radius 1 is 0.760 bits per heavy atom. The molecular weight excluding hydrogens is 677 g/mol. The minimum Gasteiger partial charge on any atom is -0.462 e. The number of alkyl halides is 1. The number of hydrogen-bond acceptors (Lipinski definition) is 17. The number of nitrogens with one attached hydrogen (secondary N) is 1. The molecule has 0 bridgehead atoms. The fourth-order valence-electron chi connectivity index (χ4n) is 5.72. The highest BCUT2D eigenvalue weighted by atomic mass is 19.1. The summed E-state index contributed by atoms with van der Waals surface area (Å²) in [5, 5.41) is 106. The van der Waals surface area contributed by atoms with Crippen molar-refractivity contribution in [1.82, 2.24) is 0 Å². The van der Waals surface area contributed by atoms with Crippen LogP contribution in [-0.4, -0.2) is 169 Å². The van der Waals surface area contributed by atoms with Gasteiger partial charge >= 0.3 is 0 Å². The lowest BCUT2D eigenvalue weighted by Gasteiger charge is -2.48. The van der Waals surface area contributed by atoms with Gasteiger partial charge in [-0.05, 0) is 24.6 Å². The molecule has 0 spiro atoms. The summed E-state index contributed by atoms with van der Waals surface area (Å²) >= 11 is 0.